The average Bonchev–Trinajstić information content (AvgIpc) is 2.95. The number of aryl methyl sites for hydroxylation is 1. The number of carboxylic acids is 1. The maximum Gasteiger partial charge on any atom is 0.307 e. The third-order valence-corrected chi connectivity index (χ3v) is 4.11. The molecule has 20 heavy (non-hydrogen) atoms. The van der Waals surface area contributed by atoms with Crippen LogP contribution in [-0.4, -0.2) is 38.5 Å². The Morgan fingerprint density at radius 1 is 1.45 bits per heavy atom. The van der Waals surface area contributed by atoms with E-state index in [-0.39, 0.29) is 11.8 Å². The summed E-state index contributed by atoms with van der Waals surface area (Å²) < 4.78 is 1.86. The van der Waals surface area contributed by atoms with Gasteiger partial charge in [-0.05, 0) is 18.8 Å². The van der Waals surface area contributed by atoms with E-state index in [0.717, 1.165) is 5.82 Å². The minimum atomic E-state index is -0.863. The second-order valence-electron chi connectivity index (χ2n) is 5.78. The Morgan fingerprint density at radius 3 is 2.65 bits per heavy atom. The Morgan fingerprint density at radius 2 is 2.10 bits per heavy atom. The molecule has 1 amide bonds. The zero-order chi connectivity index (χ0) is 14.9. The summed E-state index contributed by atoms with van der Waals surface area (Å²) in [7, 11) is 3.58. The van der Waals surface area contributed by atoms with Gasteiger partial charge in [0.15, 0.2) is 0 Å². The molecule has 0 radical (unpaired) electrons. The molecule has 1 heterocycles. The molecule has 0 saturated heterocycles. The van der Waals surface area contributed by atoms with Gasteiger partial charge >= 0.3 is 5.97 Å². The van der Waals surface area contributed by atoms with Gasteiger partial charge in [0.2, 0.25) is 5.91 Å². The first-order valence-electron chi connectivity index (χ1n) is 6.84. The van der Waals surface area contributed by atoms with Crippen molar-refractivity contribution in [3.05, 3.63) is 18.2 Å². The fourth-order valence-electron chi connectivity index (χ4n) is 2.96. The van der Waals surface area contributed by atoms with E-state index in [4.69, 9.17) is 0 Å². The number of aliphatic carboxylic acids is 1. The van der Waals surface area contributed by atoms with Crippen molar-refractivity contribution in [1.29, 1.82) is 0 Å². The van der Waals surface area contributed by atoms with Crippen LogP contribution in [0.25, 0.3) is 0 Å². The molecule has 1 aromatic heterocycles. The van der Waals surface area contributed by atoms with Crippen molar-refractivity contribution < 1.29 is 14.7 Å². The number of hydrogen-bond acceptors (Lipinski definition) is 3. The standard InChI is InChI=1S/C14H21N3O3/c1-9-6-10(11(7-9)14(19)20)13(18)17(3)8-12-15-4-5-16(12)2/h4-5,9-11H,6-8H2,1-3H3,(H,19,20)/t9?,10-,11+/m0/s1. The summed E-state index contributed by atoms with van der Waals surface area (Å²) >= 11 is 0. The Balaban J connectivity index is 2.06. The van der Waals surface area contributed by atoms with Crippen LogP contribution >= 0.6 is 0 Å². The molecular formula is C14H21N3O3. The van der Waals surface area contributed by atoms with Crippen molar-refractivity contribution in [2.24, 2.45) is 24.8 Å². The molecule has 3 atom stereocenters. The second-order valence-corrected chi connectivity index (χ2v) is 5.78. The molecule has 6 heteroatoms. The molecule has 1 N–H and O–H groups in total. The monoisotopic (exact) mass is 279 g/mol. The Bertz CT molecular complexity index is 512. The van der Waals surface area contributed by atoms with Gasteiger partial charge in [0, 0.05) is 26.5 Å². The maximum atomic E-state index is 12.5. The lowest BCUT2D eigenvalue weighted by Gasteiger charge is -2.23. The lowest BCUT2D eigenvalue weighted by molar-refractivity contribution is -0.148. The van der Waals surface area contributed by atoms with Crippen molar-refractivity contribution in [3.8, 4) is 0 Å². The van der Waals surface area contributed by atoms with Crippen LogP contribution in [0, 0.1) is 17.8 Å². The molecule has 6 nitrogen and oxygen atoms in total. The number of aromatic nitrogens is 2. The minimum absolute atomic E-state index is 0.0928. The Kier molecular flexibility index (Phi) is 4.11. The zero-order valence-electron chi connectivity index (χ0n) is 12.1. The molecule has 1 aromatic rings. The second kappa shape index (κ2) is 5.64. The number of nitrogens with zero attached hydrogens (tertiary/aromatic N) is 3. The first-order chi connectivity index (χ1) is 9.40. The third-order valence-electron chi connectivity index (χ3n) is 4.11. The zero-order valence-corrected chi connectivity index (χ0v) is 12.1. The quantitative estimate of drug-likeness (QED) is 0.896. The Labute approximate surface area is 118 Å². The fraction of sp³-hybridized carbons (Fsp3) is 0.643. The van der Waals surface area contributed by atoms with Crippen LogP contribution in [0.4, 0.5) is 0 Å². The van der Waals surface area contributed by atoms with Gasteiger partial charge in [0.05, 0.1) is 18.4 Å². The summed E-state index contributed by atoms with van der Waals surface area (Å²) in [5, 5.41) is 9.25. The molecule has 0 aliphatic heterocycles. The van der Waals surface area contributed by atoms with Crippen LogP contribution in [0.1, 0.15) is 25.6 Å². The fourth-order valence-corrected chi connectivity index (χ4v) is 2.96. The largest absolute Gasteiger partial charge is 0.481 e. The van der Waals surface area contributed by atoms with Crippen LogP contribution < -0.4 is 0 Å². The number of carbonyl (C=O) groups is 2. The van der Waals surface area contributed by atoms with E-state index in [1.807, 2.05) is 24.7 Å². The number of carbonyl (C=O) groups excluding carboxylic acids is 1. The number of carboxylic acid groups (broad SMARTS) is 1. The molecule has 110 valence electrons. The van der Waals surface area contributed by atoms with Gasteiger partial charge in [-0.25, -0.2) is 4.98 Å². The topological polar surface area (TPSA) is 75.4 Å². The minimum Gasteiger partial charge on any atom is -0.481 e. The van der Waals surface area contributed by atoms with Gasteiger partial charge in [-0.2, -0.15) is 0 Å². The molecule has 1 aliphatic carbocycles. The highest BCUT2D eigenvalue weighted by Crippen LogP contribution is 2.37. The number of imidazole rings is 1. The molecular weight excluding hydrogens is 258 g/mol. The molecule has 0 aromatic carbocycles. The van der Waals surface area contributed by atoms with Gasteiger partial charge in [-0.1, -0.05) is 6.92 Å². The van der Waals surface area contributed by atoms with Gasteiger partial charge in [0.25, 0.3) is 0 Å². The lowest BCUT2D eigenvalue weighted by atomic mass is 9.95. The van der Waals surface area contributed by atoms with Gasteiger partial charge in [-0.3, -0.25) is 9.59 Å². The first kappa shape index (κ1) is 14.6. The van der Waals surface area contributed by atoms with E-state index in [1.165, 1.54) is 0 Å². The normalized spacial score (nSPS) is 25.6. The van der Waals surface area contributed by atoms with Crippen molar-refractivity contribution in [3.63, 3.8) is 0 Å². The summed E-state index contributed by atoms with van der Waals surface area (Å²) in [6.07, 6.45) is 4.75. The van der Waals surface area contributed by atoms with Crippen molar-refractivity contribution in [2.75, 3.05) is 7.05 Å². The highest BCUT2D eigenvalue weighted by molar-refractivity contribution is 5.85. The van der Waals surface area contributed by atoms with Crippen molar-refractivity contribution in [2.45, 2.75) is 26.3 Å². The van der Waals surface area contributed by atoms with Crippen molar-refractivity contribution >= 4 is 11.9 Å². The van der Waals surface area contributed by atoms with E-state index in [1.54, 1.807) is 18.1 Å². The highest BCUT2D eigenvalue weighted by atomic mass is 16.4. The summed E-state index contributed by atoms with van der Waals surface area (Å²) in [5.41, 5.74) is 0. The Hall–Kier alpha value is -1.85. The summed E-state index contributed by atoms with van der Waals surface area (Å²) in [5.74, 6) is -0.845. The first-order valence-corrected chi connectivity index (χ1v) is 6.84. The highest BCUT2D eigenvalue weighted by Gasteiger charge is 2.42. The summed E-state index contributed by atoms with van der Waals surface area (Å²) in [4.78, 5) is 29.5. The molecule has 1 fully saturated rings. The maximum absolute atomic E-state index is 12.5. The van der Waals surface area contributed by atoms with E-state index in [0.29, 0.717) is 19.4 Å². The summed E-state index contributed by atoms with van der Waals surface area (Å²) in [6.45, 7) is 2.40. The number of hydrogen-bond donors (Lipinski definition) is 1. The summed E-state index contributed by atoms with van der Waals surface area (Å²) in [6, 6.07) is 0. The molecule has 0 spiro atoms. The van der Waals surface area contributed by atoms with Gasteiger partial charge < -0.3 is 14.6 Å². The van der Waals surface area contributed by atoms with E-state index in [9.17, 15) is 14.7 Å². The van der Waals surface area contributed by atoms with Gasteiger partial charge in [-0.15, -0.1) is 0 Å². The van der Waals surface area contributed by atoms with Gasteiger partial charge in [0.1, 0.15) is 5.82 Å². The third kappa shape index (κ3) is 2.84. The van der Waals surface area contributed by atoms with E-state index >= 15 is 0 Å². The molecule has 0 bridgehead atoms. The predicted molar refractivity (Wildman–Crippen MR) is 72.7 cm³/mol. The van der Waals surface area contributed by atoms with Crippen molar-refractivity contribution in [1.82, 2.24) is 14.5 Å². The predicted octanol–water partition coefficient (Wildman–Crippen LogP) is 1.13. The smallest absolute Gasteiger partial charge is 0.307 e. The van der Waals surface area contributed by atoms with E-state index < -0.39 is 17.8 Å². The van der Waals surface area contributed by atoms with Crippen LogP contribution in [-0.2, 0) is 23.2 Å². The molecule has 2 rings (SSSR count). The number of rotatable bonds is 4. The van der Waals surface area contributed by atoms with Crippen LogP contribution in [0.2, 0.25) is 0 Å². The lowest BCUT2D eigenvalue weighted by Crippen LogP contribution is -2.37. The average molecular weight is 279 g/mol. The van der Waals surface area contributed by atoms with Crippen LogP contribution in [0.15, 0.2) is 12.4 Å². The van der Waals surface area contributed by atoms with Crippen LogP contribution in [0.3, 0.4) is 0 Å². The number of amides is 1. The molecule has 1 aliphatic rings. The van der Waals surface area contributed by atoms with Crippen LogP contribution in [0.5, 0.6) is 0 Å². The SMILES string of the molecule is CC1C[C@H](C(=O)N(C)Cc2nccn2C)[C@H](C(=O)O)C1. The molecule has 1 unspecified atom stereocenters. The van der Waals surface area contributed by atoms with E-state index in [2.05, 4.69) is 4.98 Å². The molecule has 1 saturated carbocycles.